The number of carbonyl (C=O) groups excluding carboxylic acids is 4. The Bertz CT molecular complexity index is 1740. The molecule has 7 rings (SSSR count). The third-order valence-electron chi connectivity index (χ3n) is 8.48. The van der Waals surface area contributed by atoms with E-state index in [2.05, 4.69) is 20.7 Å². The molecule has 1 aliphatic carbocycles. The minimum absolute atomic E-state index is 0.0993. The van der Waals surface area contributed by atoms with Gasteiger partial charge in [0.05, 0.1) is 40.2 Å². The molecule has 212 valence electrons. The molecule has 4 amide bonds. The molecule has 11 heteroatoms. The van der Waals surface area contributed by atoms with E-state index in [4.69, 9.17) is 4.98 Å². The van der Waals surface area contributed by atoms with Gasteiger partial charge in [0.2, 0.25) is 11.8 Å². The minimum Gasteiger partial charge on any atom is -0.385 e. The topological polar surface area (TPSA) is 139 Å². The van der Waals surface area contributed by atoms with E-state index in [-0.39, 0.29) is 29.9 Å². The summed E-state index contributed by atoms with van der Waals surface area (Å²) in [6.07, 6.45) is 9.17. The Morgan fingerprint density at radius 2 is 1.74 bits per heavy atom. The molecule has 1 atom stereocenters. The van der Waals surface area contributed by atoms with Crippen LogP contribution in [0.2, 0.25) is 0 Å². The van der Waals surface area contributed by atoms with Gasteiger partial charge in [-0.1, -0.05) is 12.1 Å². The number of benzene rings is 2. The number of amides is 4. The largest absolute Gasteiger partial charge is 0.385 e. The molecular weight excluding hydrogens is 534 g/mol. The summed E-state index contributed by atoms with van der Waals surface area (Å²) in [6.45, 7) is 1.62. The summed E-state index contributed by atoms with van der Waals surface area (Å²) in [7, 11) is 0. The molecule has 1 saturated heterocycles. The summed E-state index contributed by atoms with van der Waals surface area (Å²) in [5.41, 5.74) is 4.85. The molecular formula is C31H29N7O4. The highest BCUT2D eigenvalue weighted by Gasteiger charge is 2.44. The predicted molar refractivity (Wildman–Crippen MR) is 153 cm³/mol. The number of rotatable bonds is 8. The van der Waals surface area contributed by atoms with Crippen LogP contribution in [0.15, 0.2) is 61.1 Å². The van der Waals surface area contributed by atoms with Crippen LogP contribution in [0, 0.1) is 11.8 Å². The fourth-order valence-electron chi connectivity index (χ4n) is 6.22. The maximum atomic E-state index is 13.0. The van der Waals surface area contributed by atoms with E-state index in [9.17, 15) is 19.2 Å². The van der Waals surface area contributed by atoms with Crippen molar-refractivity contribution in [3.63, 3.8) is 0 Å². The van der Waals surface area contributed by atoms with Crippen molar-refractivity contribution >= 4 is 40.3 Å². The molecule has 4 aromatic rings. The molecule has 2 N–H and O–H groups in total. The van der Waals surface area contributed by atoms with Gasteiger partial charge in [0.1, 0.15) is 6.04 Å². The summed E-state index contributed by atoms with van der Waals surface area (Å²) in [5, 5.41) is 10.1. The van der Waals surface area contributed by atoms with Crippen molar-refractivity contribution in [2.45, 2.75) is 44.7 Å². The van der Waals surface area contributed by atoms with Gasteiger partial charge < -0.3 is 5.32 Å². The fourth-order valence-corrected chi connectivity index (χ4v) is 6.22. The zero-order valence-electron chi connectivity index (χ0n) is 22.8. The van der Waals surface area contributed by atoms with Crippen molar-refractivity contribution in [3.05, 3.63) is 72.2 Å². The molecule has 2 fully saturated rings. The zero-order valence-corrected chi connectivity index (χ0v) is 22.8. The number of fused-ring (bicyclic) bond motifs is 2. The summed E-state index contributed by atoms with van der Waals surface area (Å²) < 4.78 is 1.99. The smallest absolute Gasteiger partial charge is 0.262 e. The second-order valence-electron chi connectivity index (χ2n) is 11.3. The van der Waals surface area contributed by atoms with Gasteiger partial charge in [-0.25, -0.2) is 4.98 Å². The number of nitrogens with zero attached hydrogens (tertiary/aromatic N) is 5. The summed E-state index contributed by atoms with van der Waals surface area (Å²) in [4.78, 5) is 59.9. The van der Waals surface area contributed by atoms with E-state index in [0.717, 1.165) is 65.2 Å². The van der Waals surface area contributed by atoms with Gasteiger partial charge in [0, 0.05) is 37.0 Å². The van der Waals surface area contributed by atoms with E-state index in [0.29, 0.717) is 11.8 Å². The Labute approximate surface area is 241 Å². The Kier molecular flexibility index (Phi) is 6.49. The first-order chi connectivity index (χ1) is 20.4. The molecule has 0 bridgehead atoms. The maximum Gasteiger partial charge on any atom is 0.262 e. The van der Waals surface area contributed by atoms with Crippen LogP contribution in [0.5, 0.6) is 0 Å². The normalized spacial score (nSPS) is 21.8. The number of anilines is 1. The van der Waals surface area contributed by atoms with Gasteiger partial charge in [-0.15, -0.1) is 0 Å². The van der Waals surface area contributed by atoms with Crippen molar-refractivity contribution in [3.8, 4) is 11.3 Å². The van der Waals surface area contributed by atoms with Gasteiger partial charge in [-0.05, 0) is 67.9 Å². The Hall–Kier alpha value is -4.93. The maximum absolute atomic E-state index is 13.0. The lowest BCUT2D eigenvalue weighted by molar-refractivity contribution is -0.136. The molecule has 2 aromatic heterocycles. The summed E-state index contributed by atoms with van der Waals surface area (Å²) in [5.74, 6) is -0.794. The highest BCUT2D eigenvalue weighted by Crippen LogP contribution is 2.37. The standard InChI is InChI=1S/C31H29N7O4/c39-28-8-7-27(29(40)36-28)38-30(41)22-6-5-21(13-23(22)31(38)42)32-10-9-18-11-19(12-18)16-37-17-20(14-34-37)26-15-33-24-3-1-2-4-25(24)35-26/h1-6,13-15,17-19,27,32H,7-12,16H2,(H,36,39,40). The number of imide groups is 2. The van der Waals surface area contributed by atoms with E-state index in [1.54, 1.807) is 24.4 Å². The highest BCUT2D eigenvalue weighted by molar-refractivity contribution is 6.23. The van der Waals surface area contributed by atoms with E-state index in [1.165, 1.54) is 0 Å². The Morgan fingerprint density at radius 3 is 2.57 bits per heavy atom. The molecule has 2 aromatic carbocycles. The van der Waals surface area contributed by atoms with Gasteiger partial charge in [-0.3, -0.25) is 39.1 Å². The van der Waals surface area contributed by atoms with E-state index >= 15 is 0 Å². The van der Waals surface area contributed by atoms with E-state index in [1.807, 2.05) is 41.3 Å². The molecule has 0 spiro atoms. The second kappa shape index (κ2) is 10.5. The van der Waals surface area contributed by atoms with Crippen LogP contribution >= 0.6 is 0 Å². The molecule has 2 aliphatic heterocycles. The fraction of sp³-hybridized carbons (Fsp3) is 0.323. The highest BCUT2D eigenvalue weighted by atomic mass is 16.2. The van der Waals surface area contributed by atoms with Crippen molar-refractivity contribution in [2.24, 2.45) is 11.8 Å². The lowest BCUT2D eigenvalue weighted by atomic mass is 9.73. The van der Waals surface area contributed by atoms with Crippen LogP contribution in [-0.4, -0.2) is 60.9 Å². The number of piperidine rings is 1. The summed E-state index contributed by atoms with van der Waals surface area (Å²) in [6, 6.07) is 12.0. The number of aromatic nitrogens is 4. The molecule has 11 nitrogen and oxygen atoms in total. The molecule has 4 heterocycles. The van der Waals surface area contributed by atoms with Crippen LogP contribution in [0.4, 0.5) is 5.69 Å². The Balaban J connectivity index is 0.891. The predicted octanol–water partition coefficient (Wildman–Crippen LogP) is 3.42. The van der Waals surface area contributed by atoms with Gasteiger partial charge in [-0.2, -0.15) is 5.10 Å². The molecule has 1 saturated carbocycles. The van der Waals surface area contributed by atoms with Crippen LogP contribution in [0.25, 0.3) is 22.3 Å². The summed E-state index contributed by atoms with van der Waals surface area (Å²) >= 11 is 0. The molecule has 42 heavy (non-hydrogen) atoms. The first-order valence-corrected chi connectivity index (χ1v) is 14.3. The molecule has 0 radical (unpaired) electrons. The first-order valence-electron chi connectivity index (χ1n) is 14.3. The number of nitrogens with one attached hydrogen (secondary N) is 2. The quantitative estimate of drug-likeness (QED) is 0.311. The third-order valence-corrected chi connectivity index (χ3v) is 8.48. The van der Waals surface area contributed by atoms with Crippen LogP contribution in [0.3, 0.4) is 0 Å². The monoisotopic (exact) mass is 563 g/mol. The van der Waals surface area contributed by atoms with Crippen LogP contribution in [0.1, 0.15) is 52.8 Å². The minimum atomic E-state index is -0.959. The molecule has 3 aliphatic rings. The second-order valence-corrected chi connectivity index (χ2v) is 11.3. The van der Waals surface area contributed by atoms with Gasteiger partial charge >= 0.3 is 0 Å². The number of para-hydroxylation sites is 2. The number of hydrogen-bond acceptors (Lipinski definition) is 8. The zero-order chi connectivity index (χ0) is 28.8. The first kappa shape index (κ1) is 26.0. The van der Waals surface area contributed by atoms with Crippen LogP contribution in [-0.2, 0) is 16.1 Å². The third kappa shape index (κ3) is 4.80. The average Bonchev–Trinajstić information content (AvgIpc) is 3.54. The van der Waals surface area contributed by atoms with Crippen molar-refractivity contribution < 1.29 is 19.2 Å². The van der Waals surface area contributed by atoms with Crippen LogP contribution < -0.4 is 10.6 Å². The van der Waals surface area contributed by atoms with Gasteiger partial charge in [0.25, 0.3) is 11.8 Å². The molecule has 1 unspecified atom stereocenters. The Morgan fingerprint density at radius 1 is 0.929 bits per heavy atom. The lowest BCUT2D eigenvalue weighted by Gasteiger charge is -2.35. The van der Waals surface area contributed by atoms with Crippen molar-refractivity contribution in [2.75, 3.05) is 11.9 Å². The van der Waals surface area contributed by atoms with Crippen molar-refractivity contribution in [1.29, 1.82) is 0 Å². The average molecular weight is 564 g/mol. The van der Waals surface area contributed by atoms with E-state index < -0.39 is 23.8 Å². The number of hydrogen-bond donors (Lipinski definition) is 2. The lowest BCUT2D eigenvalue weighted by Crippen LogP contribution is -2.54. The van der Waals surface area contributed by atoms with Crippen molar-refractivity contribution in [1.82, 2.24) is 30.0 Å². The number of carbonyl (C=O) groups is 4. The SMILES string of the molecule is O=C1CCC(N2C(=O)c3ccc(NCCC4CC(Cn5cc(-c6cnc7ccccc7n6)cn5)C4)cc3C2=O)C(=O)N1. The van der Waals surface area contributed by atoms with Gasteiger partial charge in [0.15, 0.2) is 0 Å².